The molecule has 0 N–H and O–H groups in total. The second-order valence-electron chi connectivity index (χ2n) is 10.2. The van der Waals surface area contributed by atoms with E-state index >= 15 is 4.39 Å². The van der Waals surface area contributed by atoms with Crippen molar-refractivity contribution in [1.29, 1.82) is 0 Å². The molecule has 0 saturated carbocycles. The number of hydrogen-bond acceptors (Lipinski definition) is 7. The Balaban J connectivity index is 1.32. The van der Waals surface area contributed by atoms with Gasteiger partial charge in [-0.2, -0.15) is 10.2 Å². The molecule has 1 aliphatic heterocycles. The van der Waals surface area contributed by atoms with Crippen LogP contribution in [0.4, 0.5) is 15.0 Å². The van der Waals surface area contributed by atoms with Crippen molar-refractivity contribution >= 4 is 39.7 Å². The van der Waals surface area contributed by atoms with E-state index in [1.165, 1.54) is 6.07 Å². The molecule has 5 aromatic rings. The minimum absolute atomic E-state index is 0.0805. The number of aryl methyl sites for hydroxylation is 1. The maximum absolute atomic E-state index is 15.6. The molecular weight excluding hydrogens is 539 g/mol. The molecule has 0 spiro atoms. The number of esters is 1. The van der Waals surface area contributed by atoms with Gasteiger partial charge in [-0.05, 0) is 36.2 Å². The molecule has 0 radical (unpaired) electrons. The van der Waals surface area contributed by atoms with Gasteiger partial charge in [-0.25, -0.2) is 9.18 Å². The van der Waals surface area contributed by atoms with Crippen LogP contribution in [0, 0.1) is 5.82 Å². The van der Waals surface area contributed by atoms with Gasteiger partial charge in [0.15, 0.2) is 5.82 Å². The van der Waals surface area contributed by atoms with E-state index in [2.05, 4.69) is 10.00 Å². The number of aromatic nitrogens is 4. The van der Waals surface area contributed by atoms with Crippen LogP contribution in [0.5, 0.6) is 0 Å². The first-order valence-corrected chi connectivity index (χ1v) is 13.9. The van der Waals surface area contributed by atoms with Crippen molar-refractivity contribution in [3.8, 4) is 11.1 Å². The van der Waals surface area contributed by atoms with Crippen LogP contribution in [0.25, 0.3) is 32.9 Å². The van der Waals surface area contributed by atoms with E-state index in [4.69, 9.17) is 14.6 Å². The van der Waals surface area contributed by atoms with Crippen LogP contribution in [0.1, 0.15) is 12.5 Å². The fourth-order valence-electron chi connectivity index (χ4n) is 5.39. The van der Waals surface area contributed by atoms with Crippen molar-refractivity contribution in [2.75, 3.05) is 37.7 Å². The first kappa shape index (κ1) is 27.3. The van der Waals surface area contributed by atoms with Crippen molar-refractivity contribution in [3.05, 3.63) is 78.2 Å². The molecule has 1 saturated heterocycles. The standard InChI is InChI=1S/C31H31FN6O4/c1-3-41-28(39)19-38-26-11-7-10-23(24-17-27-22(16-25(24)32)18-33-35(27)2)29(26)30(34-38)36-12-14-37(15-13-36)31(40)42-20-21-8-5-4-6-9-21/h4-11,16-18H,3,12-15,19-20H2,1-2H3. The summed E-state index contributed by atoms with van der Waals surface area (Å²) < 4.78 is 29.6. The molecule has 42 heavy (non-hydrogen) atoms. The van der Waals surface area contributed by atoms with Crippen molar-refractivity contribution in [2.45, 2.75) is 20.1 Å². The number of piperazine rings is 1. The van der Waals surface area contributed by atoms with Gasteiger partial charge >= 0.3 is 12.1 Å². The number of amides is 1. The number of nitrogens with zero attached hydrogens (tertiary/aromatic N) is 6. The SMILES string of the molecule is CCOC(=O)Cn1nc(N2CCN(C(=O)OCc3ccccc3)CC2)c2c(-c3cc4c(cnn4C)cc3F)cccc21. The van der Waals surface area contributed by atoms with Crippen LogP contribution < -0.4 is 4.90 Å². The third-order valence-electron chi connectivity index (χ3n) is 7.51. The summed E-state index contributed by atoms with van der Waals surface area (Å²) in [5.74, 6) is -0.169. The maximum atomic E-state index is 15.6. The topological polar surface area (TPSA) is 94.7 Å². The molecule has 3 heterocycles. The van der Waals surface area contributed by atoms with Crippen LogP contribution in [0.3, 0.4) is 0 Å². The van der Waals surface area contributed by atoms with E-state index in [1.807, 2.05) is 55.6 Å². The largest absolute Gasteiger partial charge is 0.465 e. The molecule has 2 aromatic heterocycles. The van der Waals surface area contributed by atoms with Gasteiger partial charge in [0, 0.05) is 44.2 Å². The summed E-state index contributed by atoms with van der Waals surface area (Å²) in [6.45, 7) is 3.97. The molecule has 6 rings (SSSR count). The van der Waals surface area contributed by atoms with Gasteiger partial charge < -0.3 is 19.3 Å². The third kappa shape index (κ3) is 5.25. The number of hydrogen-bond donors (Lipinski definition) is 0. The molecule has 11 heteroatoms. The summed E-state index contributed by atoms with van der Waals surface area (Å²) in [7, 11) is 1.82. The van der Waals surface area contributed by atoms with Crippen LogP contribution in [0.2, 0.25) is 0 Å². The van der Waals surface area contributed by atoms with Gasteiger partial charge in [0.05, 0.1) is 29.2 Å². The molecule has 1 aliphatic rings. The Morgan fingerprint density at radius 1 is 0.929 bits per heavy atom. The summed E-state index contributed by atoms with van der Waals surface area (Å²) in [6, 6.07) is 18.4. The number of rotatable bonds is 7. The minimum atomic E-state index is -0.410. The summed E-state index contributed by atoms with van der Waals surface area (Å²) in [4.78, 5) is 29.0. The smallest absolute Gasteiger partial charge is 0.410 e. The molecular formula is C31H31FN6O4. The highest BCUT2D eigenvalue weighted by Crippen LogP contribution is 2.38. The lowest BCUT2D eigenvalue weighted by Crippen LogP contribution is -2.49. The lowest BCUT2D eigenvalue weighted by molar-refractivity contribution is -0.143. The molecule has 216 valence electrons. The first-order chi connectivity index (χ1) is 20.4. The summed E-state index contributed by atoms with van der Waals surface area (Å²) in [5.41, 5.74) is 3.48. The number of fused-ring (bicyclic) bond motifs is 2. The Morgan fingerprint density at radius 3 is 2.48 bits per heavy atom. The highest BCUT2D eigenvalue weighted by Gasteiger charge is 2.28. The normalized spacial score (nSPS) is 13.6. The molecule has 0 atom stereocenters. The zero-order chi connectivity index (χ0) is 29.2. The zero-order valence-electron chi connectivity index (χ0n) is 23.5. The van der Waals surface area contributed by atoms with E-state index < -0.39 is 5.97 Å². The second kappa shape index (κ2) is 11.5. The van der Waals surface area contributed by atoms with Crippen molar-refractivity contribution in [3.63, 3.8) is 0 Å². The van der Waals surface area contributed by atoms with E-state index in [0.29, 0.717) is 54.0 Å². The monoisotopic (exact) mass is 570 g/mol. The van der Waals surface area contributed by atoms with Crippen molar-refractivity contribution in [2.24, 2.45) is 7.05 Å². The van der Waals surface area contributed by atoms with Gasteiger partial charge in [-0.3, -0.25) is 14.2 Å². The quantitative estimate of drug-likeness (QED) is 0.261. The Hall–Kier alpha value is -4.93. The van der Waals surface area contributed by atoms with Crippen LogP contribution in [0.15, 0.2) is 66.9 Å². The van der Waals surface area contributed by atoms with Gasteiger partial charge in [0.2, 0.25) is 0 Å². The van der Waals surface area contributed by atoms with Crippen LogP contribution in [-0.4, -0.2) is 69.3 Å². The third-order valence-corrected chi connectivity index (χ3v) is 7.51. The fourth-order valence-corrected chi connectivity index (χ4v) is 5.39. The van der Waals surface area contributed by atoms with Gasteiger partial charge in [0.25, 0.3) is 0 Å². The Bertz CT molecular complexity index is 1760. The Kier molecular flexibility index (Phi) is 7.47. The van der Waals surface area contributed by atoms with E-state index in [-0.39, 0.29) is 31.7 Å². The first-order valence-electron chi connectivity index (χ1n) is 13.9. The van der Waals surface area contributed by atoms with Crippen LogP contribution >= 0.6 is 0 Å². The van der Waals surface area contributed by atoms with E-state index in [1.54, 1.807) is 33.5 Å². The fraction of sp³-hybridized carbons (Fsp3) is 0.290. The molecule has 1 amide bonds. The average Bonchev–Trinajstić information content (AvgIpc) is 3.56. The summed E-state index contributed by atoms with van der Waals surface area (Å²) in [6.07, 6.45) is 1.26. The number of anilines is 1. The average molecular weight is 571 g/mol. The molecule has 0 unspecified atom stereocenters. The summed E-state index contributed by atoms with van der Waals surface area (Å²) in [5, 5.41) is 10.5. The summed E-state index contributed by atoms with van der Waals surface area (Å²) >= 11 is 0. The molecule has 10 nitrogen and oxygen atoms in total. The molecule has 1 fully saturated rings. The highest BCUT2D eigenvalue weighted by molar-refractivity contribution is 6.04. The van der Waals surface area contributed by atoms with Gasteiger partial charge in [0.1, 0.15) is 19.0 Å². The highest BCUT2D eigenvalue weighted by atomic mass is 19.1. The Morgan fingerprint density at radius 2 is 1.71 bits per heavy atom. The second-order valence-corrected chi connectivity index (χ2v) is 10.2. The number of halogens is 1. The van der Waals surface area contributed by atoms with Crippen molar-refractivity contribution < 1.29 is 23.5 Å². The molecule has 0 bridgehead atoms. The van der Waals surface area contributed by atoms with Gasteiger partial charge in [-0.15, -0.1) is 0 Å². The van der Waals surface area contributed by atoms with Gasteiger partial charge in [-0.1, -0.05) is 42.5 Å². The lowest BCUT2D eigenvalue weighted by Gasteiger charge is -2.34. The predicted molar refractivity (Wildman–Crippen MR) is 156 cm³/mol. The van der Waals surface area contributed by atoms with Crippen molar-refractivity contribution in [1.82, 2.24) is 24.5 Å². The zero-order valence-corrected chi connectivity index (χ0v) is 23.5. The predicted octanol–water partition coefficient (Wildman–Crippen LogP) is 4.75. The number of carbonyl (C=O) groups is 2. The maximum Gasteiger partial charge on any atom is 0.410 e. The molecule has 0 aliphatic carbocycles. The Labute approximate surface area is 241 Å². The number of benzene rings is 3. The minimum Gasteiger partial charge on any atom is -0.465 e. The van der Waals surface area contributed by atoms with E-state index in [0.717, 1.165) is 16.5 Å². The lowest BCUT2D eigenvalue weighted by atomic mass is 9.99. The molecule has 3 aromatic carbocycles. The van der Waals surface area contributed by atoms with E-state index in [9.17, 15) is 9.59 Å². The number of carbonyl (C=O) groups excluding carboxylic acids is 2. The number of ether oxygens (including phenoxy) is 2. The van der Waals surface area contributed by atoms with Crippen LogP contribution in [-0.2, 0) is 34.5 Å².